The van der Waals surface area contributed by atoms with Crippen molar-refractivity contribution in [2.45, 2.75) is 19.5 Å². The van der Waals surface area contributed by atoms with Crippen LogP contribution in [-0.2, 0) is 0 Å². The summed E-state index contributed by atoms with van der Waals surface area (Å²) in [4.78, 5) is 28.6. The summed E-state index contributed by atoms with van der Waals surface area (Å²) in [5.74, 6) is -0.821. The van der Waals surface area contributed by atoms with Gasteiger partial charge in [0, 0.05) is 31.6 Å². The van der Waals surface area contributed by atoms with E-state index < -0.39 is 18.5 Å². The predicted octanol–water partition coefficient (Wildman–Crippen LogP) is 1.54. The molecule has 1 aliphatic rings. The summed E-state index contributed by atoms with van der Waals surface area (Å²) in [5, 5.41) is 8.34. The molecule has 1 N–H and O–H groups in total. The van der Waals surface area contributed by atoms with E-state index in [2.05, 4.69) is 15.2 Å². The van der Waals surface area contributed by atoms with Crippen LogP contribution in [0.3, 0.4) is 0 Å². The zero-order valence-electron chi connectivity index (χ0n) is 14.2. The van der Waals surface area contributed by atoms with E-state index in [0.717, 1.165) is 0 Å². The molecule has 0 aliphatic carbocycles. The number of rotatable bonds is 3. The van der Waals surface area contributed by atoms with Gasteiger partial charge in [-0.3, -0.25) is 14.6 Å². The highest BCUT2D eigenvalue weighted by Gasteiger charge is 2.40. The summed E-state index contributed by atoms with van der Waals surface area (Å²) >= 11 is 0. The van der Waals surface area contributed by atoms with Crippen molar-refractivity contribution >= 4 is 11.4 Å². The number of likely N-dealkylation sites (tertiary alicyclic amines) is 1. The molecule has 4 heterocycles. The van der Waals surface area contributed by atoms with Crippen LogP contribution in [-0.4, -0.2) is 54.5 Å². The number of hydrogen-bond acceptors (Lipinski definition) is 4. The Hall–Kier alpha value is -3.11. The Labute approximate surface area is 150 Å². The number of nitrogens with zero attached hydrogens (tertiary/aromatic N) is 5. The average Bonchev–Trinajstić information content (AvgIpc) is 3.15. The summed E-state index contributed by atoms with van der Waals surface area (Å²) in [6.07, 6.45) is -2.18. The molecule has 27 heavy (non-hydrogen) atoms. The lowest BCUT2D eigenvalue weighted by Crippen LogP contribution is -2.51. The van der Waals surface area contributed by atoms with Crippen molar-refractivity contribution in [3.8, 4) is 5.95 Å². The summed E-state index contributed by atoms with van der Waals surface area (Å²) in [6, 6.07) is 3.29. The number of aromatic nitrogens is 5. The maximum Gasteiger partial charge on any atom is 0.389 e. The van der Waals surface area contributed by atoms with Crippen LogP contribution in [0.2, 0.25) is 0 Å². The number of fused-ring (bicyclic) bond motifs is 1. The number of amides is 1. The molecule has 142 valence electrons. The van der Waals surface area contributed by atoms with Gasteiger partial charge in [-0.2, -0.15) is 18.3 Å². The minimum absolute atomic E-state index is 0.0629. The van der Waals surface area contributed by atoms with E-state index in [1.165, 1.54) is 20.3 Å². The molecule has 11 heteroatoms. The van der Waals surface area contributed by atoms with E-state index in [-0.39, 0.29) is 36.1 Å². The Morgan fingerprint density at radius 1 is 1.37 bits per heavy atom. The third-order valence-electron chi connectivity index (χ3n) is 4.59. The second-order valence-electron chi connectivity index (χ2n) is 6.57. The van der Waals surface area contributed by atoms with Gasteiger partial charge in [0.15, 0.2) is 0 Å². The van der Waals surface area contributed by atoms with E-state index in [4.69, 9.17) is 0 Å². The Balaban J connectivity index is 1.55. The van der Waals surface area contributed by atoms with Gasteiger partial charge in [0.25, 0.3) is 11.5 Å². The number of halogens is 3. The monoisotopic (exact) mass is 380 g/mol. The van der Waals surface area contributed by atoms with Gasteiger partial charge in [-0.05, 0) is 19.1 Å². The molecule has 0 unspecified atom stereocenters. The van der Waals surface area contributed by atoms with E-state index in [1.54, 1.807) is 25.3 Å². The van der Waals surface area contributed by atoms with Crippen molar-refractivity contribution < 1.29 is 18.0 Å². The van der Waals surface area contributed by atoms with E-state index in [1.807, 2.05) is 0 Å². The Bertz CT molecular complexity index is 1070. The quantitative estimate of drug-likeness (QED) is 0.747. The molecule has 0 radical (unpaired) electrons. The zero-order chi connectivity index (χ0) is 19.3. The van der Waals surface area contributed by atoms with E-state index >= 15 is 0 Å². The third-order valence-corrected chi connectivity index (χ3v) is 4.59. The molecular weight excluding hydrogens is 365 g/mol. The van der Waals surface area contributed by atoms with Crippen molar-refractivity contribution in [3.05, 3.63) is 46.1 Å². The van der Waals surface area contributed by atoms with Gasteiger partial charge in [-0.15, -0.1) is 5.10 Å². The molecular formula is C16H15F3N6O2. The largest absolute Gasteiger partial charge is 0.389 e. The minimum Gasteiger partial charge on any atom is -0.338 e. The van der Waals surface area contributed by atoms with Crippen LogP contribution < -0.4 is 5.56 Å². The van der Waals surface area contributed by atoms with Crippen LogP contribution in [0.1, 0.15) is 22.5 Å². The normalized spacial score (nSPS) is 15.3. The molecule has 0 spiro atoms. The van der Waals surface area contributed by atoms with Crippen molar-refractivity contribution in [2.75, 3.05) is 13.1 Å². The number of nitrogens with one attached hydrogen (secondary N) is 1. The molecule has 0 atom stereocenters. The molecule has 3 aromatic heterocycles. The predicted molar refractivity (Wildman–Crippen MR) is 87.7 cm³/mol. The first-order chi connectivity index (χ1) is 12.7. The second kappa shape index (κ2) is 5.96. The van der Waals surface area contributed by atoms with Crippen LogP contribution in [0.4, 0.5) is 13.2 Å². The van der Waals surface area contributed by atoms with Gasteiger partial charge in [0.2, 0.25) is 5.95 Å². The maximum absolute atomic E-state index is 12.5. The van der Waals surface area contributed by atoms with Crippen LogP contribution in [0.25, 0.3) is 11.5 Å². The highest BCUT2D eigenvalue weighted by molar-refractivity contribution is 5.95. The first-order valence-corrected chi connectivity index (χ1v) is 8.21. The fraction of sp³-hybridized carbons (Fsp3) is 0.375. The smallest absolute Gasteiger partial charge is 0.338 e. The van der Waals surface area contributed by atoms with E-state index in [0.29, 0.717) is 11.2 Å². The number of aromatic amines is 1. The fourth-order valence-electron chi connectivity index (χ4n) is 3.22. The molecule has 4 rings (SSSR count). The molecule has 8 nitrogen and oxygen atoms in total. The lowest BCUT2D eigenvalue weighted by atomic mass is 9.95. The van der Waals surface area contributed by atoms with Gasteiger partial charge in [0.05, 0.1) is 17.5 Å². The Morgan fingerprint density at radius 3 is 2.81 bits per heavy atom. The second-order valence-corrected chi connectivity index (χ2v) is 6.57. The van der Waals surface area contributed by atoms with Crippen molar-refractivity contribution in [3.63, 3.8) is 0 Å². The minimum atomic E-state index is -4.23. The standard InChI is InChI=1S/C16H15F3N6O2/c1-9-11(14(27)23-7-10(8-23)5-16(17,18)19)6-20-25(9)15-21-13(26)12-3-2-4-24(12)22-15/h2-4,6,10H,5,7-8H2,1H3,(H,21,22,26). The zero-order valence-corrected chi connectivity index (χ0v) is 14.2. The fourth-order valence-corrected chi connectivity index (χ4v) is 3.22. The molecule has 0 saturated carbocycles. The molecule has 1 aliphatic heterocycles. The van der Waals surface area contributed by atoms with Gasteiger partial charge >= 0.3 is 6.18 Å². The SMILES string of the molecule is Cc1c(C(=O)N2CC(CC(F)(F)F)C2)cnn1-c1nn2cccc2c(=O)[nH]1. The first kappa shape index (κ1) is 17.3. The number of carbonyl (C=O) groups excluding carboxylic acids is 1. The first-order valence-electron chi connectivity index (χ1n) is 8.21. The average molecular weight is 380 g/mol. The molecule has 0 bridgehead atoms. The Morgan fingerprint density at radius 2 is 2.11 bits per heavy atom. The third kappa shape index (κ3) is 3.09. The molecule has 0 aromatic carbocycles. The van der Waals surface area contributed by atoms with Crippen LogP contribution in [0.15, 0.2) is 29.3 Å². The lowest BCUT2D eigenvalue weighted by Gasteiger charge is -2.39. The number of alkyl halides is 3. The maximum atomic E-state index is 12.5. The van der Waals surface area contributed by atoms with Crippen LogP contribution >= 0.6 is 0 Å². The summed E-state index contributed by atoms with van der Waals surface area (Å²) < 4.78 is 39.9. The van der Waals surface area contributed by atoms with Gasteiger partial charge in [-0.1, -0.05) is 0 Å². The topological polar surface area (TPSA) is 88.3 Å². The summed E-state index contributed by atoms with van der Waals surface area (Å²) in [6.45, 7) is 1.76. The number of hydrogen-bond donors (Lipinski definition) is 1. The van der Waals surface area contributed by atoms with Crippen molar-refractivity contribution in [1.82, 2.24) is 29.3 Å². The Kier molecular flexibility index (Phi) is 3.82. The van der Waals surface area contributed by atoms with Crippen LogP contribution in [0.5, 0.6) is 0 Å². The highest BCUT2D eigenvalue weighted by atomic mass is 19.4. The number of carbonyl (C=O) groups is 1. The van der Waals surface area contributed by atoms with Crippen LogP contribution in [0, 0.1) is 12.8 Å². The molecule has 1 fully saturated rings. The molecule has 3 aromatic rings. The summed E-state index contributed by atoms with van der Waals surface area (Å²) in [5.41, 5.74) is 0.714. The van der Waals surface area contributed by atoms with Crippen molar-refractivity contribution in [1.29, 1.82) is 0 Å². The van der Waals surface area contributed by atoms with Crippen molar-refractivity contribution in [2.24, 2.45) is 5.92 Å². The number of H-pyrrole nitrogens is 1. The molecule has 1 saturated heterocycles. The highest BCUT2D eigenvalue weighted by Crippen LogP contribution is 2.31. The van der Waals surface area contributed by atoms with Gasteiger partial charge in [-0.25, -0.2) is 9.20 Å². The van der Waals surface area contributed by atoms with Gasteiger partial charge in [0.1, 0.15) is 5.52 Å². The van der Waals surface area contributed by atoms with Gasteiger partial charge < -0.3 is 4.90 Å². The van der Waals surface area contributed by atoms with E-state index in [9.17, 15) is 22.8 Å². The summed E-state index contributed by atoms with van der Waals surface area (Å²) in [7, 11) is 0. The molecule has 1 amide bonds. The lowest BCUT2D eigenvalue weighted by molar-refractivity contribution is -0.153.